The monoisotopic (exact) mass is 285 g/mol. The first-order valence-corrected chi connectivity index (χ1v) is 4.90. The van der Waals surface area contributed by atoms with Crippen LogP contribution in [-0.4, -0.2) is 9.78 Å². The Bertz CT molecular complexity index is 422. The highest BCUT2D eigenvalue weighted by molar-refractivity contribution is 14.1. The van der Waals surface area contributed by atoms with Crippen LogP contribution >= 0.6 is 22.6 Å². The summed E-state index contributed by atoms with van der Waals surface area (Å²) in [7, 11) is 0. The van der Waals surface area contributed by atoms with Crippen molar-refractivity contribution in [1.82, 2.24) is 9.78 Å². The molecule has 2 aromatic rings. The number of halogens is 1. The molecule has 66 valence electrons. The molecule has 1 heterocycles. The minimum absolute atomic E-state index is 0.680. The Kier molecular flexibility index (Phi) is 2.22. The number of aromatic nitrogens is 2. The molecule has 0 unspecified atom stereocenters. The Labute approximate surface area is 89.7 Å². The quantitative estimate of drug-likeness (QED) is 0.815. The summed E-state index contributed by atoms with van der Waals surface area (Å²) < 4.78 is 2.93. The van der Waals surface area contributed by atoms with Crippen molar-refractivity contribution in [3.05, 3.63) is 40.2 Å². The summed E-state index contributed by atoms with van der Waals surface area (Å²) in [6, 6.07) is 8.02. The van der Waals surface area contributed by atoms with Crippen molar-refractivity contribution in [2.75, 3.05) is 5.73 Å². The van der Waals surface area contributed by atoms with E-state index >= 15 is 0 Å². The molecule has 1 aromatic heterocycles. The van der Waals surface area contributed by atoms with Gasteiger partial charge in [0.1, 0.15) is 0 Å². The number of rotatable bonds is 1. The van der Waals surface area contributed by atoms with Gasteiger partial charge in [0.05, 0.1) is 23.8 Å². The van der Waals surface area contributed by atoms with Gasteiger partial charge in [-0.15, -0.1) is 0 Å². The van der Waals surface area contributed by atoms with Gasteiger partial charge in [0, 0.05) is 3.57 Å². The lowest BCUT2D eigenvalue weighted by Gasteiger charge is -2.02. The lowest BCUT2D eigenvalue weighted by Crippen LogP contribution is -1.96. The molecule has 3 nitrogen and oxygen atoms in total. The molecule has 2 rings (SSSR count). The van der Waals surface area contributed by atoms with E-state index < -0.39 is 0 Å². The van der Waals surface area contributed by atoms with Crippen LogP contribution < -0.4 is 5.73 Å². The van der Waals surface area contributed by atoms with Crippen molar-refractivity contribution in [3.63, 3.8) is 0 Å². The maximum atomic E-state index is 5.58. The summed E-state index contributed by atoms with van der Waals surface area (Å²) in [5.74, 6) is 0. The SMILES string of the molecule is Nc1cnn(-c2ccccc2I)c1. The largest absolute Gasteiger partial charge is 0.396 e. The molecule has 2 N–H and O–H groups in total. The molecule has 1 aromatic carbocycles. The lowest BCUT2D eigenvalue weighted by molar-refractivity contribution is 0.876. The highest BCUT2D eigenvalue weighted by Gasteiger charge is 2.01. The zero-order chi connectivity index (χ0) is 9.26. The van der Waals surface area contributed by atoms with Gasteiger partial charge in [0.2, 0.25) is 0 Å². The average Bonchev–Trinajstić information content (AvgIpc) is 2.53. The Morgan fingerprint density at radius 3 is 2.69 bits per heavy atom. The summed E-state index contributed by atoms with van der Waals surface area (Å²) in [6.07, 6.45) is 3.45. The van der Waals surface area contributed by atoms with Crippen LogP contribution in [0.3, 0.4) is 0 Å². The van der Waals surface area contributed by atoms with E-state index in [0.717, 1.165) is 9.26 Å². The molecule has 0 saturated carbocycles. The van der Waals surface area contributed by atoms with Gasteiger partial charge in [-0.1, -0.05) is 12.1 Å². The molecular weight excluding hydrogens is 277 g/mol. The number of nitrogens with zero attached hydrogens (tertiary/aromatic N) is 2. The van der Waals surface area contributed by atoms with Crippen LogP contribution in [0.1, 0.15) is 0 Å². The van der Waals surface area contributed by atoms with Crippen molar-refractivity contribution in [1.29, 1.82) is 0 Å². The average molecular weight is 285 g/mol. The van der Waals surface area contributed by atoms with Crippen LogP contribution in [0.4, 0.5) is 5.69 Å². The van der Waals surface area contributed by atoms with Crippen LogP contribution in [-0.2, 0) is 0 Å². The molecule has 0 fully saturated rings. The summed E-state index contributed by atoms with van der Waals surface area (Å²) in [5, 5.41) is 4.13. The zero-order valence-corrected chi connectivity index (χ0v) is 8.97. The first-order chi connectivity index (χ1) is 6.27. The third-order valence-corrected chi connectivity index (χ3v) is 2.61. The Morgan fingerprint density at radius 2 is 2.08 bits per heavy atom. The minimum atomic E-state index is 0.680. The summed E-state index contributed by atoms with van der Waals surface area (Å²) >= 11 is 2.27. The molecule has 0 aliphatic heterocycles. The van der Waals surface area contributed by atoms with Gasteiger partial charge in [-0.25, -0.2) is 4.68 Å². The van der Waals surface area contributed by atoms with E-state index in [1.807, 2.05) is 24.3 Å². The van der Waals surface area contributed by atoms with Gasteiger partial charge in [0.15, 0.2) is 0 Å². The van der Waals surface area contributed by atoms with Gasteiger partial charge in [0.25, 0.3) is 0 Å². The van der Waals surface area contributed by atoms with E-state index in [1.54, 1.807) is 17.1 Å². The second-order valence-corrected chi connectivity index (χ2v) is 3.83. The zero-order valence-electron chi connectivity index (χ0n) is 6.81. The topological polar surface area (TPSA) is 43.8 Å². The lowest BCUT2D eigenvalue weighted by atomic mass is 10.3. The van der Waals surface area contributed by atoms with E-state index in [4.69, 9.17) is 5.73 Å². The molecule has 4 heteroatoms. The number of anilines is 1. The Balaban J connectivity index is 2.52. The minimum Gasteiger partial charge on any atom is -0.396 e. The predicted molar refractivity (Wildman–Crippen MR) is 60.7 cm³/mol. The van der Waals surface area contributed by atoms with E-state index in [-0.39, 0.29) is 0 Å². The van der Waals surface area contributed by atoms with Crippen LogP contribution in [0.25, 0.3) is 5.69 Å². The second kappa shape index (κ2) is 3.37. The standard InChI is InChI=1S/C9H8IN3/c10-8-3-1-2-4-9(8)13-6-7(11)5-12-13/h1-6H,11H2. The number of hydrogen-bond donors (Lipinski definition) is 1. The number of hydrogen-bond acceptors (Lipinski definition) is 2. The molecule has 0 aliphatic rings. The Hall–Kier alpha value is -1.04. The van der Waals surface area contributed by atoms with Gasteiger partial charge in [-0.05, 0) is 34.7 Å². The number of para-hydroxylation sites is 1. The van der Waals surface area contributed by atoms with Gasteiger partial charge in [-0.2, -0.15) is 5.10 Å². The Morgan fingerprint density at radius 1 is 1.31 bits per heavy atom. The fourth-order valence-corrected chi connectivity index (χ4v) is 1.74. The van der Waals surface area contributed by atoms with Crippen LogP contribution in [0.2, 0.25) is 0 Å². The predicted octanol–water partition coefficient (Wildman–Crippen LogP) is 2.06. The van der Waals surface area contributed by atoms with Crippen molar-refractivity contribution in [3.8, 4) is 5.69 Å². The highest BCUT2D eigenvalue weighted by Crippen LogP contribution is 2.16. The normalized spacial score (nSPS) is 10.2. The van der Waals surface area contributed by atoms with Crippen molar-refractivity contribution in [2.45, 2.75) is 0 Å². The van der Waals surface area contributed by atoms with E-state index in [0.29, 0.717) is 5.69 Å². The van der Waals surface area contributed by atoms with Crippen molar-refractivity contribution < 1.29 is 0 Å². The summed E-state index contributed by atoms with van der Waals surface area (Å²) in [5.41, 5.74) is 7.32. The number of nitrogens with two attached hydrogens (primary N) is 1. The summed E-state index contributed by atoms with van der Waals surface area (Å²) in [4.78, 5) is 0. The molecule has 0 aliphatic carbocycles. The number of benzene rings is 1. The van der Waals surface area contributed by atoms with Crippen molar-refractivity contribution >= 4 is 28.3 Å². The van der Waals surface area contributed by atoms with E-state index in [9.17, 15) is 0 Å². The molecule has 0 radical (unpaired) electrons. The van der Waals surface area contributed by atoms with Gasteiger partial charge >= 0.3 is 0 Å². The third-order valence-electron chi connectivity index (χ3n) is 1.70. The van der Waals surface area contributed by atoms with Gasteiger partial charge < -0.3 is 5.73 Å². The summed E-state index contributed by atoms with van der Waals surface area (Å²) in [6.45, 7) is 0. The molecule has 13 heavy (non-hydrogen) atoms. The molecule has 0 saturated heterocycles. The highest BCUT2D eigenvalue weighted by atomic mass is 127. The first-order valence-electron chi connectivity index (χ1n) is 3.82. The van der Waals surface area contributed by atoms with Crippen molar-refractivity contribution in [2.24, 2.45) is 0 Å². The van der Waals surface area contributed by atoms with Gasteiger partial charge in [-0.3, -0.25) is 0 Å². The maximum absolute atomic E-state index is 5.58. The van der Waals surface area contributed by atoms with Crippen LogP contribution in [0, 0.1) is 3.57 Å². The molecule has 0 amide bonds. The second-order valence-electron chi connectivity index (χ2n) is 2.67. The van der Waals surface area contributed by atoms with E-state index in [2.05, 4.69) is 27.7 Å². The molecule has 0 spiro atoms. The molecular formula is C9H8IN3. The fourth-order valence-electron chi connectivity index (χ4n) is 1.11. The smallest absolute Gasteiger partial charge is 0.0779 e. The fraction of sp³-hybridized carbons (Fsp3) is 0. The third kappa shape index (κ3) is 1.67. The molecule has 0 atom stereocenters. The maximum Gasteiger partial charge on any atom is 0.0779 e. The van der Waals surface area contributed by atoms with E-state index in [1.165, 1.54) is 0 Å². The molecule has 0 bridgehead atoms. The van der Waals surface area contributed by atoms with Crippen LogP contribution in [0.5, 0.6) is 0 Å². The van der Waals surface area contributed by atoms with Crippen LogP contribution in [0.15, 0.2) is 36.7 Å². The first kappa shape index (κ1) is 8.55. The number of nitrogen functional groups attached to an aromatic ring is 1.